The van der Waals surface area contributed by atoms with Crippen LogP contribution in [0.3, 0.4) is 0 Å². The first-order valence-corrected chi connectivity index (χ1v) is 5.36. The van der Waals surface area contributed by atoms with E-state index in [4.69, 9.17) is 0 Å². The van der Waals surface area contributed by atoms with Crippen LogP contribution in [0.2, 0.25) is 0 Å². The fourth-order valence-corrected chi connectivity index (χ4v) is 2.27. The van der Waals surface area contributed by atoms with E-state index in [0.717, 1.165) is 24.2 Å². The maximum Gasteiger partial charge on any atom is 0.150 e. The van der Waals surface area contributed by atoms with Crippen LogP contribution in [0.5, 0.6) is 0 Å². The number of aryl methyl sites for hydroxylation is 1. The fraction of sp³-hybridized carbons (Fsp3) is 0.462. The maximum absolute atomic E-state index is 10.6. The Labute approximate surface area is 85.1 Å². The smallest absolute Gasteiger partial charge is 0.150 e. The van der Waals surface area contributed by atoms with E-state index in [0.29, 0.717) is 0 Å². The number of carbonyl (C=O) groups excluding carboxylic acids is 1. The van der Waals surface area contributed by atoms with E-state index in [2.05, 4.69) is 19.1 Å². The monoisotopic (exact) mass is 188 g/mol. The Morgan fingerprint density at radius 3 is 3.00 bits per heavy atom. The molecule has 0 saturated carbocycles. The number of fused-ring (bicyclic) bond motifs is 1. The van der Waals surface area contributed by atoms with Crippen LogP contribution in [0.25, 0.3) is 0 Å². The zero-order valence-corrected chi connectivity index (χ0v) is 8.62. The molecule has 0 amide bonds. The Morgan fingerprint density at radius 2 is 2.21 bits per heavy atom. The van der Waals surface area contributed by atoms with Gasteiger partial charge < -0.3 is 0 Å². The van der Waals surface area contributed by atoms with Crippen LogP contribution in [0.4, 0.5) is 0 Å². The van der Waals surface area contributed by atoms with Gasteiger partial charge in [-0.05, 0) is 42.4 Å². The second-order valence-corrected chi connectivity index (χ2v) is 4.35. The minimum atomic E-state index is 0.790. The van der Waals surface area contributed by atoms with Crippen molar-refractivity contribution >= 4 is 6.29 Å². The molecule has 1 heteroatoms. The first kappa shape index (κ1) is 9.45. The van der Waals surface area contributed by atoms with Gasteiger partial charge in [0.15, 0.2) is 0 Å². The molecule has 1 aromatic rings. The molecule has 1 aliphatic rings. The molecule has 2 rings (SSSR count). The third-order valence-electron chi connectivity index (χ3n) is 3.08. The highest BCUT2D eigenvalue weighted by molar-refractivity contribution is 5.75. The summed E-state index contributed by atoms with van der Waals surface area (Å²) in [6, 6.07) is 6.12. The summed E-state index contributed by atoms with van der Waals surface area (Å²) in [5.74, 6) is 0.790. The summed E-state index contributed by atoms with van der Waals surface area (Å²) in [5.41, 5.74) is 3.65. The molecule has 0 saturated heterocycles. The molecule has 0 spiro atoms. The van der Waals surface area contributed by atoms with Crippen molar-refractivity contribution < 1.29 is 4.79 Å². The minimum absolute atomic E-state index is 0.790. The molecule has 0 aliphatic heterocycles. The molecule has 0 unspecified atom stereocenters. The van der Waals surface area contributed by atoms with E-state index in [1.165, 1.54) is 30.4 Å². The second-order valence-electron chi connectivity index (χ2n) is 4.35. The number of hydrogen-bond donors (Lipinski definition) is 0. The van der Waals surface area contributed by atoms with E-state index < -0.39 is 0 Å². The number of aldehydes is 1. The summed E-state index contributed by atoms with van der Waals surface area (Å²) in [6.07, 6.45) is 5.83. The molecule has 0 aromatic heterocycles. The first-order valence-electron chi connectivity index (χ1n) is 5.36. The standard InChI is InChI=1S/C13H16O/c1-10-3-2-4-12-8-11(9-14)5-6-13(12)7-10/h5-6,8-10H,2-4,7H2,1H3/t10-/m0/s1. The molecule has 1 aliphatic carbocycles. The van der Waals surface area contributed by atoms with Crippen LogP contribution in [-0.4, -0.2) is 6.29 Å². The van der Waals surface area contributed by atoms with Crippen molar-refractivity contribution in [3.05, 3.63) is 34.9 Å². The van der Waals surface area contributed by atoms with Crippen LogP contribution in [0, 0.1) is 5.92 Å². The number of hydrogen-bond acceptors (Lipinski definition) is 1. The molecule has 14 heavy (non-hydrogen) atoms. The summed E-state index contributed by atoms with van der Waals surface area (Å²) in [7, 11) is 0. The zero-order chi connectivity index (χ0) is 9.97. The van der Waals surface area contributed by atoms with Crippen molar-refractivity contribution in [2.24, 2.45) is 5.92 Å². The van der Waals surface area contributed by atoms with Gasteiger partial charge in [-0.25, -0.2) is 0 Å². The second kappa shape index (κ2) is 3.95. The maximum atomic E-state index is 10.6. The van der Waals surface area contributed by atoms with Gasteiger partial charge in [-0.3, -0.25) is 4.79 Å². The molecule has 1 aromatic carbocycles. The van der Waals surface area contributed by atoms with Gasteiger partial charge in [-0.15, -0.1) is 0 Å². The summed E-state index contributed by atoms with van der Waals surface area (Å²) >= 11 is 0. The predicted octanol–water partition coefficient (Wildman–Crippen LogP) is 3.01. The highest BCUT2D eigenvalue weighted by Gasteiger charge is 2.13. The Kier molecular flexibility index (Phi) is 2.67. The van der Waals surface area contributed by atoms with Crippen LogP contribution < -0.4 is 0 Å². The molecule has 0 heterocycles. The number of rotatable bonds is 1. The Morgan fingerprint density at radius 1 is 1.36 bits per heavy atom. The van der Waals surface area contributed by atoms with Crippen molar-refractivity contribution in [1.82, 2.24) is 0 Å². The Balaban J connectivity index is 2.35. The highest BCUT2D eigenvalue weighted by atomic mass is 16.1. The largest absolute Gasteiger partial charge is 0.298 e. The predicted molar refractivity (Wildman–Crippen MR) is 57.6 cm³/mol. The Hall–Kier alpha value is -1.11. The van der Waals surface area contributed by atoms with Crippen LogP contribution in [-0.2, 0) is 12.8 Å². The fourth-order valence-electron chi connectivity index (χ4n) is 2.27. The van der Waals surface area contributed by atoms with E-state index in [9.17, 15) is 4.79 Å². The average Bonchev–Trinajstić information content (AvgIpc) is 2.37. The van der Waals surface area contributed by atoms with E-state index in [1.807, 2.05) is 6.07 Å². The number of carbonyl (C=O) groups is 1. The molecule has 1 nitrogen and oxygen atoms in total. The third kappa shape index (κ3) is 1.87. The van der Waals surface area contributed by atoms with Gasteiger partial charge in [-0.2, -0.15) is 0 Å². The van der Waals surface area contributed by atoms with Crippen molar-refractivity contribution in [1.29, 1.82) is 0 Å². The topological polar surface area (TPSA) is 17.1 Å². The van der Waals surface area contributed by atoms with Gasteiger partial charge in [0.05, 0.1) is 0 Å². The van der Waals surface area contributed by atoms with Crippen LogP contribution in [0.15, 0.2) is 18.2 Å². The lowest BCUT2D eigenvalue weighted by atomic mass is 9.97. The molecular weight excluding hydrogens is 172 g/mol. The van der Waals surface area contributed by atoms with Gasteiger partial charge >= 0.3 is 0 Å². The highest BCUT2D eigenvalue weighted by Crippen LogP contribution is 2.24. The van der Waals surface area contributed by atoms with Crippen molar-refractivity contribution in [2.75, 3.05) is 0 Å². The summed E-state index contributed by atoms with van der Waals surface area (Å²) in [6.45, 7) is 2.31. The SMILES string of the molecule is C[C@H]1CCCc2cc(C=O)ccc2C1. The van der Waals surface area contributed by atoms with E-state index in [1.54, 1.807) is 0 Å². The summed E-state index contributed by atoms with van der Waals surface area (Å²) in [4.78, 5) is 10.6. The summed E-state index contributed by atoms with van der Waals surface area (Å²) in [5, 5.41) is 0. The van der Waals surface area contributed by atoms with Crippen LogP contribution in [0.1, 0.15) is 41.3 Å². The quantitative estimate of drug-likeness (QED) is 0.489. The molecule has 0 fully saturated rings. The first-order chi connectivity index (χ1) is 6.79. The van der Waals surface area contributed by atoms with Crippen molar-refractivity contribution in [2.45, 2.75) is 32.6 Å². The van der Waals surface area contributed by atoms with Crippen molar-refractivity contribution in [3.8, 4) is 0 Å². The lowest BCUT2D eigenvalue weighted by Gasteiger charge is -2.08. The molecule has 0 N–H and O–H groups in total. The third-order valence-corrected chi connectivity index (χ3v) is 3.08. The van der Waals surface area contributed by atoms with E-state index >= 15 is 0 Å². The summed E-state index contributed by atoms with van der Waals surface area (Å²) < 4.78 is 0. The lowest BCUT2D eigenvalue weighted by Crippen LogP contribution is -1.98. The van der Waals surface area contributed by atoms with E-state index in [-0.39, 0.29) is 0 Å². The molecule has 0 radical (unpaired) electrons. The van der Waals surface area contributed by atoms with Crippen molar-refractivity contribution in [3.63, 3.8) is 0 Å². The molecular formula is C13H16O. The average molecular weight is 188 g/mol. The van der Waals surface area contributed by atoms with Gasteiger partial charge in [0, 0.05) is 5.56 Å². The van der Waals surface area contributed by atoms with Crippen LogP contribution >= 0.6 is 0 Å². The van der Waals surface area contributed by atoms with Gasteiger partial charge in [0.2, 0.25) is 0 Å². The molecule has 0 bridgehead atoms. The molecule has 74 valence electrons. The Bertz CT molecular complexity index is 341. The minimum Gasteiger partial charge on any atom is -0.298 e. The van der Waals surface area contributed by atoms with Gasteiger partial charge in [0.1, 0.15) is 6.29 Å². The van der Waals surface area contributed by atoms with Gasteiger partial charge in [0.25, 0.3) is 0 Å². The molecule has 1 atom stereocenters. The van der Waals surface area contributed by atoms with Gasteiger partial charge in [-0.1, -0.05) is 25.5 Å². The normalized spacial score (nSPS) is 21.1. The number of benzene rings is 1. The lowest BCUT2D eigenvalue weighted by molar-refractivity contribution is 0.112. The zero-order valence-electron chi connectivity index (χ0n) is 8.62.